The summed E-state index contributed by atoms with van der Waals surface area (Å²) in [6.45, 7) is 5.65. The lowest BCUT2D eigenvalue weighted by Crippen LogP contribution is -2.16. The molecule has 0 heterocycles. The first kappa shape index (κ1) is 14.5. The van der Waals surface area contributed by atoms with Crippen LogP contribution in [0.5, 0.6) is 0 Å². The van der Waals surface area contributed by atoms with Crippen LogP contribution in [0, 0.1) is 11.8 Å². The quantitative estimate of drug-likeness (QED) is 0.397. The van der Waals surface area contributed by atoms with Crippen molar-refractivity contribution in [2.24, 2.45) is 0 Å². The lowest BCUT2D eigenvalue weighted by Gasteiger charge is -2.16. The lowest BCUT2D eigenvalue weighted by molar-refractivity contribution is 0.176. The minimum atomic E-state index is -1.08. The molecule has 88 valence electrons. The fraction of sp³-hybridized carbons (Fsp3) is 0.857. The fourth-order valence-electron chi connectivity index (χ4n) is 1.63. The maximum Gasteiger partial charge on any atom is 0.119 e. The van der Waals surface area contributed by atoms with E-state index in [9.17, 15) is 4.39 Å². The number of unbranched alkanes of at least 4 members (excludes halogenated alkanes) is 5. The summed E-state index contributed by atoms with van der Waals surface area (Å²) < 4.78 is 13.8. The predicted octanol–water partition coefficient (Wildman–Crippen LogP) is 4.88. The average Bonchev–Trinajstić information content (AvgIpc) is 2.20. The Hall–Kier alpha value is -0.510. The molecule has 1 heteroatoms. The van der Waals surface area contributed by atoms with Gasteiger partial charge < -0.3 is 0 Å². The van der Waals surface area contributed by atoms with Gasteiger partial charge in [0.25, 0.3) is 0 Å². The highest BCUT2D eigenvalue weighted by molar-refractivity contribution is 5.00. The van der Waals surface area contributed by atoms with Gasteiger partial charge in [-0.1, -0.05) is 45.4 Å². The molecule has 15 heavy (non-hydrogen) atoms. The third kappa shape index (κ3) is 9.79. The minimum Gasteiger partial charge on any atom is -0.243 e. The van der Waals surface area contributed by atoms with E-state index in [1.54, 1.807) is 13.8 Å². The predicted molar refractivity (Wildman–Crippen MR) is 65.6 cm³/mol. The maximum atomic E-state index is 13.8. The monoisotopic (exact) mass is 212 g/mol. The molecule has 0 aromatic heterocycles. The van der Waals surface area contributed by atoms with E-state index in [4.69, 9.17) is 0 Å². The van der Waals surface area contributed by atoms with Gasteiger partial charge in [0.1, 0.15) is 5.67 Å². The Morgan fingerprint density at radius 2 is 1.67 bits per heavy atom. The highest BCUT2D eigenvalue weighted by atomic mass is 19.1. The van der Waals surface area contributed by atoms with Crippen molar-refractivity contribution >= 4 is 0 Å². The van der Waals surface area contributed by atoms with E-state index in [0.717, 1.165) is 6.42 Å². The lowest BCUT2D eigenvalue weighted by atomic mass is 9.96. The molecule has 0 N–H and O–H groups in total. The van der Waals surface area contributed by atoms with Crippen LogP contribution >= 0.6 is 0 Å². The number of halogens is 1. The van der Waals surface area contributed by atoms with Crippen LogP contribution < -0.4 is 0 Å². The summed E-state index contributed by atoms with van der Waals surface area (Å²) >= 11 is 0. The molecule has 0 saturated heterocycles. The summed E-state index contributed by atoms with van der Waals surface area (Å²) in [5, 5.41) is 0. The molecular weight excluding hydrogens is 187 g/mol. The van der Waals surface area contributed by atoms with Gasteiger partial charge in [-0.3, -0.25) is 0 Å². The second kappa shape index (κ2) is 8.77. The first-order valence-electron chi connectivity index (χ1n) is 6.21. The summed E-state index contributed by atoms with van der Waals surface area (Å²) in [5.41, 5.74) is -1.08. The van der Waals surface area contributed by atoms with Gasteiger partial charge in [-0.05, 0) is 20.3 Å². The van der Waals surface area contributed by atoms with Crippen LogP contribution in [0.15, 0.2) is 0 Å². The van der Waals surface area contributed by atoms with E-state index in [1.807, 2.05) is 0 Å². The normalized spacial score (nSPS) is 14.1. The fourth-order valence-corrected chi connectivity index (χ4v) is 1.63. The Kier molecular flexibility index (Phi) is 8.47. The van der Waals surface area contributed by atoms with Gasteiger partial charge in [0.05, 0.1) is 0 Å². The van der Waals surface area contributed by atoms with Crippen LogP contribution in [0.1, 0.15) is 72.1 Å². The molecule has 0 aromatic carbocycles. The van der Waals surface area contributed by atoms with Crippen LogP contribution in [0.25, 0.3) is 0 Å². The molecule has 0 spiro atoms. The van der Waals surface area contributed by atoms with Crippen LogP contribution in [-0.4, -0.2) is 5.67 Å². The first-order valence-corrected chi connectivity index (χ1v) is 6.21. The maximum absolute atomic E-state index is 13.8. The molecule has 0 nitrogen and oxygen atoms in total. The van der Waals surface area contributed by atoms with Crippen molar-refractivity contribution in [3.63, 3.8) is 0 Å². The third-order valence-electron chi connectivity index (χ3n) is 2.69. The first-order chi connectivity index (χ1) is 7.12. The topological polar surface area (TPSA) is 0 Å². The highest BCUT2D eigenvalue weighted by Gasteiger charge is 2.20. The molecule has 0 saturated carbocycles. The molecule has 0 rings (SSSR count). The van der Waals surface area contributed by atoms with E-state index < -0.39 is 5.67 Å². The number of hydrogen-bond acceptors (Lipinski definition) is 0. The molecule has 0 aliphatic rings. The number of alkyl halides is 1. The van der Waals surface area contributed by atoms with Gasteiger partial charge in [0.15, 0.2) is 0 Å². The minimum absolute atomic E-state index is 0.387. The molecule has 1 unspecified atom stereocenters. The second-order valence-electron chi connectivity index (χ2n) is 4.53. The summed E-state index contributed by atoms with van der Waals surface area (Å²) in [6.07, 6.45) is 8.35. The molecule has 0 amide bonds. The smallest absolute Gasteiger partial charge is 0.119 e. The molecule has 1 atom stereocenters. The van der Waals surface area contributed by atoms with Crippen molar-refractivity contribution in [2.75, 3.05) is 0 Å². The molecule has 0 fully saturated rings. The van der Waals surface area contributed by atoms with Crippen molar-refractivity contribution in [1.82, 2.24) is 0 Å². The molecule has 0 aliphatic carbocycles. The van der Waals surface area contributed by atoms with Crippen LogP contribution in [0.4, 0.5) is 4.39 Å². The van der Waals surface area contributed by atoms with Crippen LogP contribution in [-0.2, 0) is 0 Å². The molecular formula is C14H25F. The Morgan fingerprint density at radius 3 is 2.27 bits per heavy atom. The molecule has 0 radical (unpaired) electrons. The van der Waals surface area contributed by atoms with Crippen LogP contribution in [0.2, 0.25) is 0 Å². The third-order valence-corrected chi connectivity index (χ3v) is 2.69. The SMILES string of the molecule is CC#CCC(C)(F)CCCCCCCC. The second-order valence-corrected chi connectivity index (χ2v) is 4.53. The van der Waals surface area contributed by atoms with E-state index in [-0.39, 0.29) is 0 Å². The Balaban J connectivity index is 3.42. The molecule has 0 aliphatic heterocycles. The molecule has 0 aromatic rings. The Bertz CT molecular complexity index is 195. The Labute approximate surface area is 94.6 Å². The van der Waals surface area contributed by atoms with Gasteiger partial charge in [0, 0.05) is 6.42 Å². The van der Waals surface area contributed by atoms with E-state index in [2.05, 4.69) is 18.8 Å². The molecule has 0 bridgehead atoms. The highest BCUT2D eigenvalue weighted by Crippen LogP contribution is 2.23. The number of hydrogen-bond donors (Lipinski definition) is 0. The Morgan fingerprint density at radius 1 is 1.07 bits per heavy atom. The van der Waals surface area contributed by atoms with Gasteiger partial charge in [-0.25, -0.2) is 4.39 Å². The van der Waals surface area contributed by atoms with Crippen molar-refractivity contribution < 1.29 is 4.39 Å². The van der Waals surface area contributed by atoms with Gasteiger partial charge in [0.2, 0.25) is 0 Å². The van der Waals surface area contributed by atoms with E-state index in [0.29, 0.717) is 12.8 Å². The van der Waals surface area contributed by atoms with E-state index >= 15 is 0 Å². The largest absolute Gasteiger partial charge is 0.243 e. The summed E-state index contributed by atoms with van der Waals surface area (Å²) in [6, 6.07) is 0. The van der Waals surface area contributed by atoms with Crippen molar-refractivity contribution in [3.05, 3.63) is 0 Å². The van der Waals surface area contributed by atoms with Crippen molar-refractivity contribution in [1.29, 1.82) is 0 Å². The average molecular weight is 212 g/mol. The zero-order valence-electron chi connectivity index (χ0n) is 10.5. The summed E-state index contributed by atoms with van der Waals surface area (Å²) in [5.74, 6) is 5.58. The standard InChI is InChI=1S/C14H25F/c1-4-6-8-9-10-11-13-14(3,15)12-7-5-2/h4,6,8-13H2,1-3H3. The summed E-state index contributed by atoms with van der Waals surface area (Å²) in [7, 11) is 0. The van der Waals surface area contributed by atoms with E-state index in [1.165, 1.54) is 32.1 Å². The van der Waals surface area contributed by atoms with Crippen LogP contribution in [0.3, 0.4) is 0 Å². The van der Waals surface area contributed by atoms with Crippen molar-refractivity contribution in [3.8, 4) is 11.8 Å². The zero-order chi connectivity index (χ0) is 11.6. The van der Waals surface area contributed by atoms with Gasteiger partial charge >= 0.3 is 0 Å². The van der Waals surface area contributed by atoms with Gasteiger partial charge in [-0.2, -0.15) is 0 Å². The number of rotatable bonds is 8. The summed E-state index contributed by atoms with van der Waals surface area (Å²) in [4.78, 5) is 0. The zero-order valence-corrected chi connectivity index (χ0v) is 10.5. The van der Waals surface area contributed by atoms with Gasteiger partial charge in [-0.15, -0.1) is 11.8 Å². The van der Waals surface area contributed by atoms with Crippen molar-refractivity contribution in [2.45, 2.75) is 77.8 Å².